The molecule has 16 heavy (non-hydrogen) atoms. The topological polar surface area (TPSA) is 59.0 Å². The van der Waals surface area contributed by atoms with E-state index < -0.39 is 0 Å². The second-order valence-electron chi connectivity index (χ2n) is 3.44. The molecule has 0 spiro atoms. The summed E-state index contributed by atoms with van der Waals surface area (Å²) in [5.74, 6) is -0.0659. The summed E-state index contributed by atoms with van der Waals surface area (Å²) in [6, 6.07) is 7.34. The van der Waals surface area contributed by atoms with Crippen LogP contribution in [0.25, 0.3) is 11.0 Å². The number of aromatic nitrogens is 3. The normalized spacial score (nSPS) is 10.4. The molecule has 0 atom stereocenters. The second kappa shape index (κ2) is 4.22. The van der Waals surface area contributed by atoms with Gasteiger partial charge in [0.05, 0.1) is 5.52 Å². The first-order valence-electron chi connectivity index (χ1n) is 5.07. The Balaban J connectivity index is 2.43. The van der Waals surface area contributed by atoms with E-state index in [0.717, 1.165) is 0 Å². The highest BCUT2D eigenvalue weighted by atomic mass is 16.2. The van der Waals surface area contributed by atoms with Gasteiger partial charge in [0.1, 0.15) is 5.52 Å². The zero-order chi connectivity index (χ0) is 11.5. The smallest absolute Gasteiger partial charge is 0.293 e. The maximum atomic E-state index is 11.8. The largest absolute Gasteiger partial charge is 0.339 e. The highest BCUT2D eigenvalue weighted by Gasteiger charge is 2.14. The Morgan fingerprint density at radius 1 is 1.25 bits per heavy atom. The van der Waals surface area contributed by atoms with Crippen molar-refractivity contribution in [1.29, 1.82) is 0 Å². The number of carbonyl (C=O) groups excluding carboxylic acids is 1. The number of rotatable bonds is 2. The number of fused-ring (bicyclic) bond motifs is 1. The minimum absolute atomic E-state index is 0.142. The SMILES string of the molecule is CCN(C)C(=O)c1nnc2ccccc2n1. The van der Waals surface area contributed by atoms with Crippen LogP contribution in [-0.4, -0.2) is 39.6 Å². The van der Waals surface area contributed by atoms with Crippen LogP contribution in [0.5, 0.6) is 0 Å². The molecule has 0 saturated carbocycles. The number of hydrogen-bond donors (Lipinski definition) is 0. The Kier molecular flexibility index (Phi) is 2.76. The molecule has 1 aromatic heterocycles. The lowest BCUT2D eigenvalue weighted by molar-refractivity contribution is 0.0789. The molecule has 0 saturated heterocycles. The van der Waals surface area contributed by atoms with Gasteiger partial charge in [-0.2, -0.15) is 0 Å². The van der Waals surface area contributed by atoms with Crippen molar-refractivity contribution in [2.75, 3.05) is 13.6 Å². The van der Waals surface area contributed by atoms with Gasteiger partial charge in [-0.3, -0.25) is 4.79 Å². The van der Waals surface area contributed by atoms with Gasteiger partial charge in [0.2, 0.25) is 5.82 Å². The average molecular weight is 216 g/mol. The van der Waals surface area contributed by atoms with Gasteiger partial charge in [0, 0.05) is 13.6 Å². The Labute approximate surface area is 93.1 Å². The van der Waals surface area contributed by atoms with E-state index in [4.69, 9.17) is 0 Å². The van der Waals surface area contributed by atoms with Crippen LogP contribution in [0.2, 0.25) is 0 Å². The molecule has 0 radical (unpaired) electrons. The second-order valence-corrected chi connectivity index (χ2v) is 3.44. The molecule has 1 amide bonds. The highest BCUT2D eigenvalue weighted by molar-refractivity contribution is 5.91. The third-order valence-electron chi connectivity index (χ3n) is 2.37. The zero-order valence-electron chi connectivity index (χ0n) is 9.21. The molecule has 0 aliphatic carbocycles. The summed E-state index contributed by atoms with van der Waals surface area (Å²) in [5, 5.41) is 7.78. The quantitative estimate of drug-likeness (QED) is 0.754. The Morgan fingerprint density at radius 3 is 2.62 bits per heavy atom. The molecular formula is C11H12N4O. The molecule has 0 aliphatic rings. The predicted molar refractivity (Wildman–Crippen MR) is 60.0 cm³/mol. The van der Waals surface area contributed by atoms with Crippen LogP contribution in [0.15, 0.2) is 24.3 Å². The molecule has 5 heteroatoms. The van der Waals surface area contributed by atoms with E-state index in [1.165, 1.54) is 0 Å². The Hall–Kier alpha value is -2.04. The van der Waals surface area contributed by atoms with Crippen molar-refractivity contribution in [3.05, 3.63) is 30.1 Å². The van der Waals surface area contributed by atoms with Crippen molar-refractivity contribution in [2.24, 2.45) is 0 Å². The lowest BCUT2D eigenvalue weighted by Crippen LogP contribution is -2.28. The van der Waals surface area contributed by atoms with Crippen LogP contribution >= 0.6 is 0 Å². The van der Waals surface area contributed by atoms with E-state index in [2.05, 4.69) is 15.2 Å². The van der Waals surface area contributed by atoms with Gasteiger partial charge in [-0.1, -0.05) is 12.1 Å². The molecule has 82 valence electrons. The molecule has 5 nitrogen and oxygen atoms in total. The minimum Gasteiger partial charge on any atom is -0.339 e. The fourth-order valence-electron chi connectivity index (χ4n) is 1.29. The van der Waals surface area contributed by atoms with Crippen molar-refractivity contribution in [1.82, 2.24) is 20.1 Å². The number of carbonyl (C=O) groups is 1. The van der Waals surface area contributed by atoms with Gasteiger partial charge in [-0.25, -0.2) is 4.98 Å². The monoisotopic (exact) mass is 216 g/mol. The van der Waals surface area contributed by atoms with Gasteiger partial charge in [0.15, 0.2) is 0 Å². The fraction of sp³-hybridized carbons (Fsp3) is 0.273. The van der Waals surface area contributed by atoms with Crippen molar-refractivity contribution in [3.63, 3.8) is 0 Å². The Morgan fingerprint density at radius 2 is 1.94 bits per heavy atom. The Bertz CT molecular complexity index is 526. The van der Waals surface area contributed by atoms with Crippen LogP contribution in [0.3, 0.4) is 0 Å². The van der Waals surface area contributed by atoms with Gasteiger partial charge >= 0.3 is 0 Å². The van der Waals surface area contributed by atoms with Gasteiger partial charge < -0.3 is 4.90 Å². The van der Waals surface area contributed by atoms with E-state index in [1.807, 2.05) is 31.2 Å². The number of nitrogens with zero attached hydrogens (tertiary/aromatic N) is 4. The van der Waals surface area contributed by atoms with Crippen LogP contribution in [0.4, 0.5) is 0 Å². The van der Waals surface area contributed by atoms with Crippen LogP contribution in [-0.2, 0) is 0 Å². The van der Waals surface area contributed by atoms with E-state index in [0.29, 0.717) is 17.6 Å². The number of benzene rings is 1. The van der Waals surface area contributed by atoms with Crippen molar-refractivity contribution < 1.29 is 4.79 Å². The first kappa shape index (κ1) is 10.5. The van der Waals surface area contributed by atoms with Crippen LogP contribution in [0.1, 0.15) is 17.5 Å². The highest BCUT2D eigenvalue weighted by Crippen LogP contribution is 2.07. The summed E-state index contributed by atoms with van der Waals surface area (Å²) in [4.78, 5) is 17.5. The van der Waals surface area contributed by atoms with Crippen molar-refractivity contribution in [3.8, 4) is 0 Å². The molecular weight excluding hydrogens is 204 g/mol. The fourth-order valence-corrected chi connectivity index (χ4v) is 1.29. The maximum Gasteiger partial charge on any atom is 0.293 e. The molecule has 1 heterocycles. The van der Waals surface area contributed by atoms with Crippen molar-refractivity contribution in [2.45, 2.75) is 6.92 Å². The number of para-hydroxylation sites is 1. The predicted octanol–water partition coefficient (Wildman–Crippen LogP) is 1.12. The van der Waals surface area contributed by atoms with E-state index in [9.17, 15) is 4.79 Å². The molecule has 0 bridgehead atoms. The lowest BCUT2D eigenvalue weighted by Gasteiger charge is -2.12. The number of hydrogen-bond acceptors (Lipinski definition) is 4. The first-order valence-corrected chi connectivity index (χ1v) is 5.07. The molecule has 0 unspecified atom stereocenters. The molecule has 2 aromatic rings. The first-order chi connectivity index (χ1) is 7.72. The van der Waals surface area contributed by atoms with Gasteiger partial charge in [-0.15, -0.1) is 10.2 Å². The standard InChI is InChI=1S/C11H12N4O/c1-3-15(2)11(16)10-12-8-6-4-5-7-9(8)13-14-10/h4-7H,3H2,1-2H3. The summed E-state index contributed by atoms with van der Waals surface area (Å²) >= 11 is 0. The summed E-state index contributed by atoms with van der Waals surface area (Å²) in [5.41, 5.74) is 1.38. The summed E-state index contributed by atoms with van der Waals surface area (Å²) < 4.78 is 0. The molecule has 0 N–H and O–H groups in total. The summed E-state index contributed by atoms with van der Waals surface area (Å²) in [6.07, 6.45) is 0. The van der Waals surface area contributed by atoms with Gasteiger partial charge in [-0.05, 0) is 19.1 Å². The maximum absolute atomic E-state index is 11.8. The lowest BCUT2D eigenvalue weighted by atomic mass is 10.3. The number of amides is 1. The van der Waals surface area contributed by atoms with E-state index in [-0.39, 0.29) is 11.7 Å². The van der Waals surface area contributed by atoms with Crippen LogP contribution in [0, 0.1) is 0 Å². The van der Waals surface area contributed by atoms with E-state index >= 15 is 0 Å². The molecule has 1 aromatic carbocycles. The molecule has 0 fully saturated rings. The third kappa shape index (κ3) is 1.84. The minimum atomic E-state index is -0.208. The van der Waals surface area contributed by atoms with Gasteiger partial charge in [0.25, 0.3) is 5.91 Å². The third-order valence-corrected chi connectivity index (χ3v) is 2.37. The van der Waals surface area contributed by atoms with Crippen LogP contribution < -0.4 is 0 Å². The average Bonchev–Trinajstić information content (AvgIpc) is 2.36. The molecule has 0 aliphatic heterocycles. The molecule has 2 rings (SSSR count). The summed E-state index contributed by atoms with van der Waals surface area (Å²) in [6.45, 7) is 2.52. The van der Waals surface area contributed by atoms with E-state index in [1.54, 1.807) is 11.9 Å². The zero-order valence-corrected chi connectivity index (χ0v) is 9.21. The van der Waals surface area contributed by atoms with Crippen molar-refractivity contribution >= 4 is 16.9 Å². The summed E-state index contributed by atoms with van der Waals surface area (Å²) in [7, 11) is 1.71.